The number of fused-ring (bicyclic) bond motifs is 5. The molecule has 7 N–H and O–H groups in total. The Balaban J connectivity index is 1.95. The molecule has 3 aromatic rings. The average molecular weight is 1110 g/mol. The molecule has 0 aliphatic carbocycles. The highest BCUT2D eigenvalue weighted by molar-refractivity contribution is 6.00. The van der Waals surface area contributed by atoms with Crippen molar-refractivity contribution in [3.8, 4) is 22.6 Å². The van der Waals surface area contributed by atoms with Gasteiger partial charge in [-0.15, -0.1) is 0 Å². The SMILES string of the molecule is C=CC(=O)N(C)NC(=O)[C@@H]1Cc2ccc(OCCNC(=O)OC(C)(C)C)c(c2)-c2cc(ccc2OCCNC(=O)OC(C)(C)C)[C@H](N(C)C(=O)[C@H](CCNC(=O)OC(C)(C)C)NC(=O)c2ccc(C)cc2C)C(=O)N[C@@H](C)C(=O)N1. The van der Waals surface area contributed by atoms with Crippen LogP contribution in [-0.4, -0.2) is 146 Å². The van der Waals surface area contributed by atoms with E-state index in [0.29, 0.717) is 16.7 Å². The second-order valence-corrected chi connectivity index (χ2v) is 22.1. The maximum atomic E-state index is 15.1. The van der Waals surface area contributed by atoms with E-state index in [1.165, 1.54) is 27.1 Å². The smallest absolute Gasteiger partial charge is 0.407 e. The largest absolute Gasteiger partial charge is 0.491 e. The van der Waals surface area contributed by atoms with Crippen LogP contribution in [0, 0.1) is 13.8 Å². The lowest BCUT2D eigenvalue weighted by atomic mass is 9.93. The molecule has 0 spiro atoms. The van der Waals surface area contributed by atoms with Crippen molar-refractivity contribution in [2.45, 2.75) is 137 Å². The standard InChI is InChI=1S/C57H79N9O14/c1-16-45(67)66(15)64-49(70)42-31-36-18-21-43(76-27-25-59-53(74)79-56(8,9)10)39(30-36)40-32-37(19-22-44(40)77-28-26-60-54(75)80-57(11,12)13)46(50(71)61-35(4)47(68)63-42)65(14)51(72)41(23-24-58-52(73)78-55(5,6)7)62-48(69)38-20-17-33(2)29-34(38)3/h16-22,29-30,32,35,41-42,46H,1,23-28,31H2,2-15H3,(H,58,73)(H,59,74)(H,60,75)(H,61,71)(H,62,69)(H,63,68)(H,64,70)/t35-,41-,42-,46-/m0/s1. The summed E-state index contributed by atoms with van der Waals surface area (Å²) in [5.41, 5.74) is 3.10. The molecule has 4 atom stereocenters. The molecule has 9 amide bonds. The lowest BCUT2D eigenvalue weighted by Crippen LogP contribution is -2.57. The summed E-state index contributed by atoms with van der Waals surface area (Å²) >= 11 is 0. The van der Waals surface area contributed by atoms with Gasteiger partial charge >= 0.3 is 18.3 Å². The van der Waals surface area contributed by atoms with Crippen molar-refractivity contribution in [1.82, 2.24) is 47.2 Å². The number of nitrogens with zero attached hydrogens (tertiary/aromatic N) is 2. The Labute approximate surface area is 467 Å². The van der Waals surface area contributed by atoms with E-state index in [9.17, 15) is 33.6 Å². The molecule has 0 saturated heterocycles. The molecular weight excluding hydrogens is 1030 g/mol. The third kappa shape index (κ3) is 20.1. The highest BCUT2D eigenvalue weighted by Gasteiger charge is 2.37. The molecule has 80 heavy (non-hydrogen) atoms. The third-order valence-corrected chi connectivity index (χ3v) is 11.6. The second-order valence-electron chi connectivity index (χ2n) is 22.1. The van der Waals surface area contributed by atoms with Crippen molar-refractivity contribution in [2.75, 3.05) is 46.9 Å². The zero-order valence-corrected chi connectivity index (χ0v) is 48.3. The summed E-state index contributed by atoms with van der Waals surface area (Å²) in [4.78, 5) is 124. The van der Waals surface area contributed by atoms with Crippen LogP contribution in [0.15, 0.2) is 67.3 Å². The summed E-state index contributed by atoms with van der Waals surface area (Å²) in [5, 5.41) is 17.0. The van der Waals surface area contributed by atoms with Crippen LogP contribution in [0.2, 0.25) is 0 Å². The van der Waals surface area contributed by atoms with Gasteiger partial charge in [0.2, 0.25) is 17.7 Å². The van der Waals surface area contributed by atoms with Gasteiger partial charge in [-0.05, 0) is 143 Å². The number of likely N-dealkylation sites (N-methyl/N-ethyl adjacent to an activating group) is 2. The predicted octanol–water partition coefficient (Wildman–Crippen LogP) is 5.21. The first-order valence-electron chi connectivity index (χ1n) is 26.1. The van der Waals surface area contributed by atoms with Crippen LogP contribution in [0.5, 0.6) is 11.5 Å². The van der Waals surface area contributed by atoms with Crippen molar-refractivity contribution in [3.05, 3.63) is 95.1 Å². The van der Waals surface area contributed by atoms with Gasteiger partial charge in [0, 0.05) is 43.8 Å². The number of aryl methyl sites for hydroxylation is 2. The molecule has 1 heterocycles. The van der Waals surface area contributed by atoms with Crippen LogP contribution in [0.3, 0.4) is 0 Å². The Kier molecular flexibility index (Phi) is 22.4. The van der Waals surface area contributed by atoms with E-state index < -0.39 is 94.7 Å². The molecule has 23 heteroatoms. The molecular formula is C57H79N9O14. The maximum Gasteiger partial charge on any atom is 0.407 e. The molecule has 0 fully saturated rings. The van der Waals surface area contributed by atoms with Crippen molar-refractivity contribution in [1.29, 1.82) is 0 Å². The van der Waals surface area contributed by atoms with E-state index in [0.717, 1.165) is 21.5 Å². The van der Waals surface area contributed by atoms with Crippen molar-refractivity contribution >= 4 is 53.7 Å². The predicted molar refractivity (Wildman–Crippen MR) is 297 cm³/mol. The first-order valence-corrected chi connectivity index (χ1v) is 26.1. The number of rotatable bonds is 17. The van der Waals surface area contributed by atoms with Crippen molar-refractivity contribution < 1.29 is 66.8 Å². The number of alkyl carbamates (subject to hydrolysis) is 3. The van der Waals surface area contributed by atoms with E-state index in [-0.39, 0.29) is 73.9 Å². The molecule has 1 aliphatic rings. The monoisotopic (exact) mass is 1110 g/mol. The summed E-state index contributed by atoms with van der Waals surface area (Å²) in [7, 11) is 2.64. The van der Waals surface area contributed by atoms with E-state index in [4.69, 9.17) is 23.7 Å². The van der Waals surface area contributed by atoms with Gasteiger partial charge in [0.1, 0.15) is 65.7 Å². The Morgan fingerprint density at radius 3 is 1.75 bits per heavy atom. The van der Waals surface area contributed by atoms with Gasteiger partial charge in [-0.3, -0.25) is 39.2 Å². The van der Waals surface area contributed by atoms with E-state index >= 15 is 9.59 Å². The van der Waals surface area contributed by atoms with E-state index in [1.54, 1.807) is 112 Å². The number of nitrogens with one attached hydrogen (secondary N) is 7. The lowest BCUT2D eigenvalue weighted by molar-refractivity contribution is -0.142. The number of amides is 9. The fourth-order valence-corrected chi connectivity index (χ4v) is 8.00. The van der Waals surface area contributed by atoms with Crippen LogP contribution in [0.4, 0.5) is 14.4 Å². The Hall–Kier alpha value is -8.37. The summed E-state index contributed by atoms with van der Waals surface area (Å²) < 4.78 is 28.9. The minimum absolute atomic E-state index is 0.0110. The van der Waals surface area contributed by atoms with Crippen LogP contribution in [0.25, 0.3) is 11.1 Å². The van der Waals surface area contributed by atoms with Gasteiger partial charge in [0.15, 0.2) is 0 Å². The first kappa shape index (κ1) is 64.2. The topological polar surface area (TPSA) is 290 Å². The Morgan fingerprint density at radius 2 is 1.23 bits per heavy atom. The van der Waals surface area contributed by atoms with Gasteiger partial charge in [0.25, 0.3) is 17.7 Å². The van der Waals surface area contributed by atoms with Gasteiger partial charge in [-0.1, -0.05) is 36.4 Å². The van der Waals surface area contributed by atoms with Gasteiger partial charge < -0.3 is 60.5 Å². The molecule has 0 saturated carbocycles. The highest BCUT2D eigenvalue weighted by atomic mass is 16.6. The van der Waals surface area contributed by atoms with Crippen LogP contribution in [-0.2, 0) is 44.6 Å². The fraction of sp³-hybridized carbons (Fsp3) is 0.491. The molecule has 4 rings (SSSR count). The average Bonchev–Trinajstić information content (AvgIpc) is 3.34. The Morgan fingerprint density at radius 1 is 0.700 bits per heavy atom. The molecule has 436 valence electrons. The third-order valence-electron chi connectivity index (χ3n) is 11.6. The van der Waals surface area contributed by atoms with Gasteiger partial charge in [-0.25, -0.2) is 14.4 Å². The van der Waals surface area contributed by atoms with E-state index in [1.807, 2.05) is 13.0 Å². The highest BCUT2D eigenvalue weighted by Crippen LogP contribution is 2.40. The van der Waals surface area contributed by atoms with Crippen molar-refractivity contribution in [2.24, 2.45) is 0 Å². The zero-order chi connectivity index (χ0) is 59.9. The molecule has 23 nitrogen and oxygen atoms in total. The number of hydrogen-bond donors (Lipinski definition) is 7. The first-order chi connectivity index (χ1) is 37.2. The van der Waals surface area contributed by atoms with Crippen LogP contribution >= 0.6 is 0 Å². The number of carbonyl (C=O) groups is 9. The molecule has 1 aliphatic heterocycles. The van der Waals surface area contributed by atoms with Crippen LogP contribution in [0.1, 0.15) is 114 Å². The molecule has 3 aromatic carbocycles. The number of hydrogen-bond acceptors (Lipinski definition) is 14. The Bertz CT molecular complexity index is 2780. The zero-order valence-electron chi connectivity index (χ0n) is 48.3. The molecule has 0 radical (unpaired) electrons. The second kappa shape index (κ2) is 28.0. The summed E-state index contributed by atoms with van der Waals surface area (Å²) in [6.07, 6.45) is -1.50. The number of carbonyl (C=O) groups excluding carboxylic acids is 9. The number of ether oxygens (including phenoxy) is 5. The molecule has 0 unspecified atom stereocenters. The lowest BCUT2D eigenvalue weighted by Gasteiger charge is -2.33. The summed E-state index contributed by atoms with van der Waals surface area (Å²) in [6, 6.07) is 9.09. The van der Waals surface area contributed by atoms with Crippen LogP contribution < -0.4 is 46.8 Å². The number of benzene rings is 3. The molecule has 4 bridgehead atoms. The minimum Gasteiger partial charge on any atom is -0.491 e. The maximum absolute atomic E-state index is 15.1. The van der Waals surface area contributed by atoms with Gasteiger partial charge in [0.05, 0.1) is 13.1 Å². The quantitative estimate of drug-likeness (QED) is 0.0396. The molecule has 0 aromatic heterocycles. The van der Waals surface area contributed by atoms with Crippen molar-refractivity contribution in [3.63, 3.8) is 0 Å². The fourth-order valence-electron chi connectivity index (χ4n) is 8.00. The summed E-state index contributed by atoms with van der Waals surface area (Å²) in [6.45, 7) is 23.5. The number of hydrazine groups is 1. The summed E-state index contributed by atoms with van der Waals surface area (Å²) in [5.74, 6) is -4.11. The van der Waals surface area contributed by atoms with Gasteiger partial charge in [-0.2, -0.15) is 0 Å². The van der Waals surface area contributed by atoms with E-state index in [2.05, 4.69) is 43.9 Å². The minimum atomic E-state index is -1.58. The normalized spacial score (nSPS) is 15.8.